The van der Waals surface area contributed by atoms with Gasteiger partial charge in [-0.1, -0.05) is 57.0 Å². The van der Waals surface area contributed by atoms with E-state index in [0.29, 0.717) is 32.5 Å². The zero-order valence-electron chi connectivity index (χ0n) is 13.4. The van der Waals surface area contributed by atoms with Crippen molar-refractivity contribution >= 4 is 46.9 Å². The van der Waals surface area contributed by atoms with Gasteiger partial charge in [-0.25, -0.2) is 0 Å². The molecule has 128 valence electrons. The third-order valence-corrected chi connectivity index (χ3v) is 12.8. The molecule has 0 atom stereocenters. The van der Waals surface area contributed by atoms with Crippen LogP contribution in [0.25, 0.3) is 11.4 Å². The first-order valence-corrected chi connectivity index (χ1v) is 11.2. The van der Waals surface area contributed by atoms with Crippen LogP contribution in [0, 0.1) is 0 Å². The number of halogens is 3. The Labute approximate surface area is 163 Å². The quantitative estimate of drug-likeness (QED) is 0.460. The van der Waals surface area contributed by atoms with Crippen LogP contribution in [0.15, 0.2) is 30.6 Å². The van der Waals surface area contributed by atoms with Crippen molar-refractivity contribution in [2.45, 2.75) is 38.8 Å². The van der Waals surface area contributed by atoms with Gasteiger partial charge in [-0.2, -0.15) is 11.1 Å². The van der Waals surface area contributed by atoms with Gasteiger partial charge in [0.25, 0.3) is 0 Å². The zero-order chi connectivity index (χ0) is 16.5. The molecule has 2 heterocycles. The van der Waals surface area contributed by atoms with Crippen molar-refractivity contribution in [1.82, 2.24) is 9.97 Å². The normalized spacial score (nSPS) is 11.7. The Morgan fingerprint density at radius 1 is 0.957 bits per heavy atom. The first-order valence-electron chi connectivity index (χ1n) is 7.24. The van der Waals surface area contributed by atoms with E-state index in [2.05, 4.69) is 37.7 Å². The molecule has 0 amide bonds. The third kappa shape index (κ3) is 3.93. The van der Waals surface area contributed by atoms with Gasteiger partial charge in [-0.15, -0.1) is 0 Å². The second-order valence-electron chi connectivity index (χ2n) is 5.94. The van der Waals surface area contributed by atoms with Crippen molar-refractivity contribution in [2.75, 3.05) is 0 Å². The van der Waals surface area contributed by atoms with Crippen molar-refractivity contribution in [3.05, 3.63) is 40.6 Å². The Hall–Kier alpha value is -0.120. The van der Waals surface area contributed by atoms with E-state index in [1.807, 2.05) is 18.2 Å². The van der Waals surface area contributed by atoms with Crippen molar-refractivity contribution < 1.29 is 16.5 Å². The minimum Gasteiger partial charge on any atom is -0.255 e. The second-order valence-corrected chi connectivity index (χ2v) is 13.0. The molecule has 2 rings (SSSR count). The summed E-state index contributed by atoms with van der Waals surface area (Å²) in [5, 5.41) is 1.85. The molecule has 0 aliphatic carbocycles. The van der Waals surface area contributed by atoms with Gasteiger partial charge in [0.1, 0.15) is 5.69 Å². The summed E-state index contributed by atoms with van der Waals surface area (Å²) in [5.74, 6) is 0. The fourth-order valence-corrected chi connectivity index (χ4v) is 7.51. The minimum absolute atomic E-state index is 0. The molecular weight excluding hydrogens is 413 g/mol. The number of pyridine rings is 2. The number of aromatic nitrogens is 2. The van der Waals surface area contributed by atoms with Crippen LogP contribution >= 0.6 is 34.3 Å². The molecule has 0 spiro atoms. The topological polar surface area (TPSA) is 25.8 Å². The fourth-order valence-electron chi connectivity index (χ4n) is 2.70. The van der Waals surface area contributed by atoms with E-state index in [1.54, 1.807) is 12.4 Å². The average molecular weight is 432 g/mol. The van der Waals surface area contributed by atoms with Crippen LogP contribution < -0.4 is 5.19 Å². The van der Waals surface area contributed by atoms with Gasteiger partial charge < -0.3 is 0 Å². The summed E-state index contributed by atoms with van der Waals surface area (Å²) in [6.07, 6.45) is 3.50. The van der Waals surface area contributed by atoms with Crippen molar-refractivity contribution in [2.24, 2.45) is 0 Å². The van der Waals surface area contributed by atoms with E-state index in [4.69, 9.17) is 34.3 Å². The van der Waals surface area contributed by atoms with Gasteiger partial charge in [-0.05, 0) is 28.4 Å². The van der Waals surface area contributed by atoms with E-state index >= 15 is 0 Å². The SMILES string of the molecule is CC(C)[Si](Cl)(c1cnc(-c2ccccn2)c(Cl)c1Cl)C(C)C.[Ni]. The smallest absolute Gasteiger partial charge is 0.195 e. The Balaban J connectivity index is 0.00000264. The van der Waals surface area contributed by atoms with Crippen LogP contribution in [0.4, 0.5) is 0 Å². The van der Waals surface area contributed by atoms with Crippen LogP contribution in [0.1, 0.15) is 27.7 Å². The van der Waals surface area contributed by atoms with E-state index in [9.17, 15) is 0 Å². The molecular formula is C16H19Cl3N2NiSi. The number of hydrogen-bond donors (Lipinski definition) is 0. The summed E-state index contributed by atoms with van der Waals surface area (Å²) in [6.45, 7) is 8.54. The Morgan fingerprint density at radius 2 is 1.57 bits per heavy atom. The molecule has 0 bridgehead atoms. The number of hydrogen-bond acceptors (Lipinski definition) is 2. The molecule has 2 aromatic rings. The first-order chi connectivity index (χ1) is 10.3. The van der Waals surface area contributed by atoms with Crippen LogP contribution in [0.2, 0.25) is 21.1 Å². The van der Waals surface area contributed by atoms with Gasteiger partial charge in [-0.3, -0.25) is 9.97 Å². The molecule has 0 saturated carbocycles. The minimum atomic E-state index is -2.31. The molecule has 0 aromatic carbocycles. The first kappa shape index (κ1) is 20.9. The van der Waals surface area contributed by atoms with Crippen molar-refractivity contribution in [1.29, 1.82) is 0 Å². The van der Waals surface area contributed by atoms with Gasteiger partial charge in [0.2, 0.25) is 0 Å². The van der Waals surface area contributed by atoms with Crippen LogP contribution in [0.5, 0.6) is 0 Å². The summed E-state index contributed by atoms with van der Waals surface area (Å²) in [5.41, 5.74) is 1.95. The molecule has 0 saturated heterocycles. The molecule has 0 aliphatic rings. The van der Waals surface area contributed by atoms with Crippen molar-refractivity contribution in [3.63, 3.8) is 0 Å². The molecule has 2 aromatic heterocycles. The third-order valence-electron chi connectivity index (χ3n) is 3.96. The van der Waals surface area contributed by atoms with E-state index in [-0.39, 0.29) is 16.5 Å². The molecule has 0 fully saturated rings. The molecule has 7 heteroatoms. The van der Waals surface area contributed by atoms with Crippen LogP contribution in [-0.4, -0.2) is 17.4 Å². The predicted octanol–water partition coefficient (Wildman–Crippen LogP) is 5.66. The molecule has 0 aliphatic heterocycles. The maximum atomic E-state index is 7.05. The Kier molecular flexibility index (Phi) is 7.56. The predicted molar refractivity (Wildman–Crippen MR) is 98.9 cm³/mol. The van der Waals surface area contributed by atoms with E-state index in [0.717, 1.165) is 5.19 Å². The molecule has 0 N–H and O–H groups in total. The maximum Gasteiger partial charge on any atom is 0.195 e. The number of rotatable bonds is 4. The van der Waals surface area contributed by atoms with Crippen LogP contribution in [-0.2, 0) is 16.5 Å². The van der Waals surface area contributed by atoms with Crippen LogP contribution in [0.3, 0.4) is 0 Å². The summed E-state index contributed by atoms with van der Waals surface area (Å²) in [7, 11) is -2.31. The molecule has 2 nitrogen and oxygen atoms in total. The summed E-state index contributed by atoms with van der Waals surface area (Å²) in [4.78, 5) is 8.80. The largest absolute Gasteiger partial charge is 0.255 e. The average Bonchev–Trinajstić information content (AvgIpc) is 2.49. The Morgan fingerprint density at radius 3 is 2.04 bits per heavy atom. The van der Waals surface area contributed by atoms with Gasteiger partial charge >= 0.3 is 0 Å². The zero-order valence-corrected chi connectivity index (χ0v) is 17.6. The van der Waals surface area contributed by atoms with Gasteiger partial charge in [0, 0.05) is 28.9 Å². The molecule has 0 unspecified atom stereocenters. The summed E-state index contributed by atoms with van der Waals surface area (Å²) >= 11 is 20.1. The van der Waals surface area contributed by atoms with Crippen molar-refractivity contribution in [3.8, 4) is 11.4 Å². The standard InChI is InChI=1S/C16H19Cl3N2Si.Ni/c1-10(2)22(19,11(3)4)13-9-21-16(15(18)14(13)17)12-7-5-6-8-20-12;/h5-11H,1-4H3;. The maximum absolute atomic E-state index is 7.05. The van der Waals surface area contributed by atoms with E-state index in [1.165, 1.54) is 0 Å². The Bertz CT molecular complexity index is 658. The monoisotopic (exact) mass is 430 g/mol. The molecule has 0 radical (unpaired) electrons. The van der Waals surface area contributed by atoms with Gasteiger partial charge in [0.05, 0.1) is 15.7 Å². The summed E-state index contributed by atoms with van der Waals surface area (Å²) in [6, 6.07) is 5.60. The summed E-state index contributed by atoms with van der Waals surface area (Å²) < 4.78 is 0. The fraction of sp³-hybridized carbons (Fsp3) is 0.375. The number of nitrogens with zero attached hydrogens (tertiary/aromatic N) is 2. The van der Waals surface area contributed by atoms with E-state index < -0.39 is 7.38 Å². The second kappa shape index (κ2) is 8.31. The molecule has 23 heavy (non-hydrogen) atoms. The van der Waals surface area contributed by atoms with Gasteiger partial charge in [0.15, 0.2) is 7.38 Å².